The summed E-state index contributed by atoms with van der Waals surface area (Å²) in [6, 6.07) is 5.74. The zero-order chi connectivity index (χ0) is 14.4. The Bertz CT molecular complexity index is 456. The lowest BCUT2D eigenvalue weighted by molar-refractivity contribution is 0.236. The molecule has 0 heterocycles. The van der Waals surface area contributed by atoms with E-state index >= 15 is 0 Å². The van der Waals surface area contributed by atoms with E-state index in [0.29, 0.717) is 12.6 Å². The van der Waals surface area contributed by atoms with Crippen molar-refractivity contribution < 1.29 is 14.3 Å². The molecular formula is C15H22N2O3. The topological polar surface area (TPSA) is 59.6 Å². The first kappa shape index (κ1) is 14.5. The van der Waals surface area contributed by atoms with E-state index in [0.717, 1.165) is 29.9 Å². The minimum absolute atomic E-state index is 0.123. The molecule has 5 nitrogen and oxygen atoms in total. The van der Waals surface area contributed by atoms with Crippen molar-refractivity contribution >= 4 is 6.03 Å². The molecule has 0 aliphatic heterocycles. The lowest BCUT2D eigenvalue weighted by Crippen LogP contribution is -2.40. The number of urea groups is 1. The molecule has 1 aromatic carbocycles. The maximum Gasteiger partial charge on any atom is 0.315 e. The van der Waals surface area contributed by atoms with Gasteiger partial charge >= 0.3 is 6.03 Å². The van der Waals surface area contributed by atoms with Crippen LogP contribution in [0.3, 0.4) is 0 Å². The Kier molecular flexibility index (Phi) is 5.09. The Morgan fingerprint density at radius 1 is 1.25 bits per heavy atom. The molecule has 0 aromatic heterocycles. The van der Waals surface area contributed by atoms with E-state index < -0.39 is 0 Å². The summed E-state index contributed by atoms with van der Waals surface area (Å²) in [5.41, 5.74) is 0.897. The monoisotopic (exact) mass is 278 g/mol. The molecule has 1 aromatic rings. The molecule has 0 spiro atoms. The summed E-state index contributed by atoms with van der Waals surface area (Å²) in [6.45, 7) is 0.416. The van der Waals surface area contributed by atoms with Crippen LogP contribution in [0.25, 0.3) is 0 Å². The van der Waals surface area contributed by atoms with Gasteiger partial charge in [-0.05, 0) is 31.0 Å². The fourth-order valence-electron chi connectivity index (χ4n) is 2.50. The highest BCUT2D eigenvalue weighted by Gasteiger charge is 2.17. The van der Waals surface area contributed by atoms with Crippen LogP contribution in [-0.4, -0.2) is 26.3 Å². The molecule has 1 fully saturated rings. The van der Waals surface area contributed by atoms with E-state index in [1.54, 1.807) is 14.2 Å². The van der Waals surface area contributed by atoms with Crippen molar-refractivity contribution in [2.45, 2.75) is 38.3 Å². The summed E-state index contributed by atoms with van der Waals surface area (Å²) in [5, 5.41) is 5.86. The van der Waals surface area contributed by atoms with Crippen molar-refractivity contribution in [2.24, 2.45) is 0 Å². The van der Waals surface area contributed by atoms with E-state index in [9.17, 15) is 4.79 Å². The molecule has 2 N–H and O–H groups in total. The second-order valence-corrected chi connectivity index (χ2v) is 4.99. The Morgan fingerprint density at radius 3 is 2.65 bits per heavy atom. The average Bonchev–Trinajstić information content (AvgIpc) is 2.97. The van der Waals surface area contributed by atoms with E-state index in [1.807, 2.05) is 18.2 Å². The van der Waals surface area contributed by atoms with E-state index in [4.69, 9.17) is 9.47 Å². The van der Waals surface area contributed by atoms with Gasteiger partial charge in [0.05, 0.1) is 14.2 Å². The van der Waals surface area contributed by atoms with Crippen LogP contribution >= 0.6 is 0 Å². The van der Waals surface area contributed by atoms with Crippen molar-refractivity contribution in [3.05, 3.63) is 23.8 Å². The van der Waals surface area contributed by atoms with Crippen LogP contribution in [0.4, 0.5) is 4.79 Å². The number of hydrogen-bond acceptors (Lipinski definition) is 3. The minimum Gasteiger partial charge on any atom is -0.497 e. The smallest absolute Gasteiger partial charge is 0.315 e. The summed E-state index contributed by atoms with van der Waals surface area (Å²) in [4.78, 5) is 11.8. The van der Waals surface area contributed by atoms with Crippen LogP contribution < -0.4 is 20.1 Å². The maximum atomic E-state index is 11.8. The van der Waals surface area contributed by atoms with Gasteiger partial charge in [-0.2, -0.15) is 0 Å². The summed E-state index contributed by atoms with van der Waals surface area (Å²) >= 11 is 0. The quantitative estimate of drug-likeness (QED) is 0.869. The van der Waals surface area contributed by atoms with Crippen molar-refractivity contribution in [2.75, 3.05) is 14.2 Å². The number of rotatable bonds is 5. The Morgan fingerprint density at radius 2 is 2.00 bits per heavy atom. The second-order valence-electron chi connectivity index (χ2n) is 4.99. The number of ether oxygens (including phenoxy) is 2. The van der Waals surface area contributed by atoms with Crippen LogP contribution in [0.5, 0.6) is 11.5 Å². The molecule has 0 atom stereocenters. The summed E-state index contributed by atoms with van der Waals surface area (Å²) < 4.78 is 10.5. The lowest BCUT2D eigenvalue weighted by Gasteiger charge is -2.14. The third-order valence-corrected chi connectivity index (χ3v) is 3.62. The SMILES string of the molecule is COc1ccc(OC)c(CNC(=O)NC2CCCC2)c1. The predicted octanol–water partition coefficient (Wildman–Crippen LogP) is 2.45. The van der Waals surface area contributed by atoms with Crippen molar-refractivity contribution in [3.63, 3.8) is 0 Å². The largest absolute Gasteiger partial charge is 0.497 e. The summed E-state index contributed by atoms with van der Waals surface area (Å²) in [6.07, 6.45) is 4.56. The first-order valence-corrected chi connectivity index (χ1v) is 6.98. The molecule has 110 valence electrons. The minimum atomic E-state index is -0.123. The molecule has 20 heavy (non-hydrogen) atoms. The third-order valence-electron chi connectivity index (χ3n) is 3.62. The summed E-state index contributed by atoms with van der Waals surface area (Å²) in [5.74, 6) is 1.49. The summed E-state index contributed by atoms with van der Waals surface area (Å²) in [7, 11) is 3.23. The molecule has 2 rings (SSSR count). The van der Waals surface area contributed by atoms with Gasteiger partial charge < -0.3 is 20.1 Å². The van der Waals surface area contributed by atoms with Crippen LogP contribution in [0.2, 0.25) is 0 Å². The highest BCUT2D eigenvalue weighted by molar-refractivity contribution is 5.74. The Hall–Kier alpha value is -1.91. The molecule has 1 aliphatic carbocycles. The van der Waals surface area contributed by atoms with Gasteiger partial charge in [0, 0.05) is 18.2 Å². The molecule has 0 radical (unpaired) electrons. The van der Waals surface area contributed by atoms with Gasteiger partial charge in [0.1, 0.15) is 11.5 Å². The van der Waals surface area contributed by atoms with Gasteiger partial charge in [-0.15, -0.1) is 0 Å². The molecule has 0 bridgehead atoms. The number of carbonyl (C=O) groups excluding carboxylic acids is 1. The third kappa shape index (κ3) is 3.79. The van der Waals surface area contributed by atoms with Crippen molar-refractivity contribution in [3.8, 4) is 11.5 Å². The highest BCUT2D eigenvalue weighted by atomic mass is 16.5. The standard InChI is InChI=1S/C15H22N2O3/c1-19-13-7-8-14(20-2)11(9-13)10-16-15(18)17-12-5-3-4-6-12/h7-9,12H,3-6,10H2,1-2H3,(H2,16,17,18). The number of nitrogens with one attached hydrogen (secondary N) is 2. The fraction of sp³-hybridized carbons (Fsp3) is 0.533. The molecule has 0 unspecified atom stereocenters. The van der Waals surface area contributed by atoms with Gasteiger partial charge in [-0.1, -0.05) is 12.8 Å². The number of benzene rings is 1. The van der Waals surface area contributed by atoms with Crippen molar-refractivity contribution in [1.82, 2.24) is 10.6 Å². The second kappa shape index (κ2) is 7.03. The Labute approximate surface area is 119 Å². The molecular weight excluding hydrogens is 256 g/mol. The highest BCUT2D eigenvalue weighted by Crippen LogP contribution is 2.23. The fourth-order valence-corrected chi connectivity index (χ4v) is 2.50. The van der Waals surface area contributed by atoms with Gasteiger partial charge in [-0.3, -0.25) is 0 Å². The van der Waals surface area contributed by atoms with E-state index in [-0.39, 0.29) is 6.03 Å². The Balaban J connectivity index is 1.90. The average molecular weight is 278 g/mol. The first-order valence-electron chi connectivity index (χ1n) is 6.98. The number of amides is 2. The van der Waals surface area contributed by atoms with Gasteiger partial charge in [-0.25, -0.2) is 4.79 Å². The van der Waals surface area contributed by atoms with Crippen LogP contribution in [0.15, 0.2) is 18.2 Å². The van der Waals surface area contributed by atoms with E-state index in [2.05, 4.69) is 10.6 Å². The van der Waals surface area contributed by atoms with Crippen LogP contribution in [-0.2, 0) is 6.54 Å². The van der Waals surface area contributed by atoms with Crippen LogP contribution in [0, 0.1) is 0 Å². The molecule has 0 saturated heterocycles. The van der Waals surface area contributed by atoms with Crippen molar-refractivity contribution in [1.29, 1.82) is 0 Å². The zero-order valence-electron chi connectivity index (χ0n) is 12.1. The molecule has 2 amide bonds. The maximum absolute atomic E-state index is 11.8. The van der Waals surface area contributed by atoms with Gasteiger partial charge in [0.15, 0.2) is 0 Å². The number of carbonyl (C=O) groups is 1. The number of hydrogen-bond donors (Lipinski definition) is 2. The predicted molar refractivity (Wildman–Crippen MR) is 77.2 cm³/mol. The van der Waals surface area contributed by atoms with E-state index in [1.165, 1.54) is 12.8 Å². The number of methoxy groups -OCH3 is 2. The zero-order valence-corrected chi connectivity index (χ0v) is 12.1. The lowest BCUT2D eigenvalue weighted by atomic mass is 10.2. The molecule has 1 saturated carbocycles. The molecule has 5 heteroatoms. The first-order chi connectivity index (χ1) is 9.72. The van der Waals surface area contributed by atoms with Crippen LogP contribution in [0.1, 0.15) is 31.2 Å². The normalized spacial score (nSPS) is 14.9. The molecule has 1 aliphatic rings. The van der Waals surface area contributed by atoms with Gasteiger partial charge in [0.25, 0.3) is 0 Å². The van der Waals surface area contributed by atoms with Gasteiger partial charge in [0.2, 0.25) is 0 Å².